The standard InChI is InChI=1S/C53H77N13O10S2/c1-4-31(2)43-50(75)63-38(28-41(54)67)47(72)64-39(51(76)66-25-15-21-40(66)49(74)61-35(20-14-24-58-52(56)57)45(70)59-32(3)44(55)69)30-77-78-53(22-12-7-13-23-53)29-42(68)60-36(26-33-16-8-5-9-17-33)46(71)62-37(48(73)65-43)27-34-18-10-6-11-19-34/h5-6,8-11,16-19,31-32,35-40,43H,4,7,12-15,20-30H2,1-3H3,(H2,54,67)(H2,55,69)(H,59,70)(H,60,68)(H,61,74)(H,62,71)(H,63,75)(H,64,72)(H,65,73)(H4,56,57,58)/t31-,32-,35-,36?,37-,38?,39-,40-,43-/m0/s1. The normalized spacial score (nSPS) is 23.8. The SMILES string of the molecule is CC[C@H](C)[C@@H]1NC(=O)[C@H](Cc2ccccc2)NC(=O)C(Cc2ccccc2)NC(=O)CC2(CCCCC2)SSC[C@@H](C(=O)N2CCC[C@H]2C(=O)N[C@@H](CCCN=C(N)N)C(=O)N[C@@H](C)C(N)=O)NC(=O)C(CC(N)=O)NC1=O. The Bertz CT molecular complexity index is 2460. The number of carbonyl (C=O) groups excluding carboxylic acids is 10. The van der Waals surface area contributed by atoms with E-state index in [0.29, 0.717) is 31.2 Å². The number of amides is 10. The lowest BCUT2D eigenvalue weighted by molar-refractivity contribution is -0.142. The molecule has 9 atom stereocenters. The third-order valence-corrected chi connectivity index (χ3v) is 17.5. The van der Waals surface area contributed by atoms with E-state index in [2.05, 4.69) is 42.2 Å². The first-order valence-corrected chi connectivity index (χ1v) is 28.9. The summed E-state index contributed by atoms with van der Waals surface area (Å²) in [5, 5.41) is 19.2. The van der Waals surface area contributed by atoms with Crippen molar-refractivity contribution in [3.63, 3.8) is 0 Å². The van der Waals surface area contributed by atoms with Crippen molar-refractivity contribution in [1.29, 1.82) is 0 Å². The minimum Gasteiger partial charge on any atom is -0.370 e. The van der Waals surface area contributed by atoms with Gasteiger partial charge in [-0.15, -0.1) is 0 Å². The third-order valence-electron chi connectivity index (χ3n) is 14.2. The molecule has 0 radical (unpaired) electrons. The van der Waals surface area contributed by atoms with Gasteiger partial charge in [-0.3, -0.25) is 52.9 Å². The lowest BCUT2D eigenvalue weighted by Gasteiger charge is -2.37. The molecule has 5 rings (SSSR count). The first kappa shape index (κ1) is 62.0. The molecule has 426 valence electrons. The van der Waals surface area contributed by atoms with Crippen LogP contribution in [0.4, 0.5) is 0 Å². The molecule has 2 aromatic carbocycles. The van der Waals surface area contributed by atoms with Gasteiger partial charge in [0, 0.05) is 42.9 Å². The van der Waals surface area contributed by atoms with Gasteiger partial charge in [0.15, 0.2) is 5.96 Å². The largest absolute Gasteiger partial charge is 0.370 e. The van der Waals surface area contributed by atoms with Crippen molar-refractivity contribution in [3.8, 4) is 0 Å². The summed E-state index contributed by atoms with van der Waals surface area (Å²) in [6.45, 7) is 5.08. The zero-order chi connectivity index (χ0) is 56.9. The maximum Gasteiger partial charge on any atom is 0.246 e. The van der Waals surface area contributed by atoms with Gasteiger partial charge in [-0.1, -0.05) is 122 Å². The molecule has 23 nitrogen and oxygen atoms in total. The van der Waals surface area contributed by atoms with Crippen molar-refractivity contribution < 1.29 is 47.9 Å². The van der Waals surface area contributed by atoms with Gasteiger partial charge in [0.05, 0.1) is 6.42 Å². The Labute approximate surface area is 463 Å². The van der Waals surface area contributed by atoms with Crippen LogP contribution in [-0.2, 0) is 60.8 Å². The fourth-order valence-electron chi connectivity index (χ4n) is 9.64. The molecule has 10 amide bonds. The van der Waals surface area contributed by atoms with Crippen LogP contribution < -0.4 is 60.2 Å². The Morgan fingerprint density at radius 1 is 0.744 bits per heavy atom. The number of guanidine groups is 1. The fraction of sp³-hybridized carbons (Fsp3) is 0.566. The number of nitrogens with zero attached hydrogens (tertiary/aromatic N) is 2. The number of nitrogens with two attached hydrogens (primary N) is 4. The first-order valence-electron chi connectivity index (χ1n) is 26.6. The number of nitrogens with one attached hydrogen (secondary N) is 7. The van der Waals surface area contributed by atoms with Gasteiger partial charge in [0.2, 0.25) is 59.1 Å². The van der Waals surface area contributed by atoms with Crippen LogP contribution in [-0.4, -0.2) is 142 Å². The minimum atomic E-state index is -1.65. The zero-order valence-electron chi connectivity index (χ0n) is 44.6. The van der Waals surface area contributed by atoms with Crippen LogP contribution in [0.1, 0.15) is 109 Å². The highest BCUT2D eigenvalue weighted by Crippen LogP contribution is 2.48. The summed E-state index contributed by atoms with van der Waals surface area (Å²) < 4.78 is -0.693. The fourth-order valence-corrected chi connectivity index (χ4v) is 13.0. The highest BCUT2D eigenvalue weighted by Gasteiger charge is 2.43. The first-order chi connectivity index (χ1) is 37.2. The lowest BCUT2D eigenvalue weighted by atomic mass is 9.85. The predicted molar refractivity (Wildman–Crippen MR) is 297 cm³/mol. The molecule has 3 fully saturated rings. The average molecular weight is 1120 g/mol. The quantitative estimate of drug-likeness (QED) is 0.0400. The Morgan fingerprint density at radius 2 is 1.33 bits per heavy atom. The van der Waals surface area contributed by atoms with E-state index in [1.165, 1.54) is 33.4 Å². The second kappa shape index (κ2) is 30.3. The van der Waals surface area contributed by atoms with Crippen molar-refractivity contribution in [2.75, 3.05) is 18.8 Å². The van der Waals surface area contributed by atoms with E-state index < -0.39 is 124 Å². The Morgan fingerprint density at radius 3 is 1.92 bits per heavy atom. The van der Waals surface area contributed by atoms with Gasteiger partial charge in [0.1, 0.15) is 48.3 Å². The van der Waals surface area contributed by atoms with Crippen LogP contribution in [0.25, 0.3) is 0 Å². The van der Waals surface area contributed by atoms with E-state index in [4.69, 9.17) is 22.9 Å². The van der Waals surface area contributed by atoms with Crippen molar-refractivity contribution in [3.05, 3.63) is 71.8 Å². The topological polar surface area (TPSA) is 375 Å². The van der Waals surface area contributed by atoms with Gasteiger partial charge in [0.25, 0.3) is 0 Å². The molecule has 2 unspecified atom stereocenters. The summed E-state index contributed by atoms with van der Waals surface area (Å²) in [5.41, 5.74) is 23.5. The van der Waals surface area contributed by atoms with Crippen molar-refractivity contribution in [2.24, 2.45) is 33.8 Å². The molecule has 0 aromatic heterocycles. The predicted octanol–water partition coefficient (Wildman–Crippen LogP) is -0.175. The van der Waals surface area contributed by atoms with E-state index >= 15 is 0 Å². The average Bonchev–Trinajstić information content (AvgIpc) is 3.91. The summed E-state index contributed by atoms with van der Waals surface area (Å²) in [5.74, 6) is -8.29. The highest BCUT2D eigenvalue weighted by molar-refractivity contribution is 8.77. The lowest BCUT2D eigenvalue weighted by Crippen LogP contribution is -2.62. The van der Waals surface area contributed by atoms with Gasteiger partial charge >= 0.3 is 0 Å². The summed E-state index contributed by atoms with van der Waals surface area (Å²) in [7, 11) is 2.61. The summed E-state index contributed by atoms with van der Waals surface area (Å²) in [4.78, 5) is 145. The number of hydrogen-bond donors (Lipinski definition) is 11. The van der Waals surface area contributed by atoms with Gasteiger partial charge in [-0.05, 0) is 62.5 Å². The summed E-state index contributed by atoms with van der Waals surface area (Å²) in [6.07, 6.45) is 4.27. The van der Waals surface area contributed by atoms with E-state index in [-0.39, 0.29) is 63.3 Å². The number of hydrogen-bond acceptors (Lipinski definition) is 13. The van der Waals surface area contributed by atoms with E-state index in [0.717, 1.165) is 24.8 Å². The highest BCUT2D eigenvalue weighted by atomic mass is 33.1. The van der Waals surface area contributed by atoms with Crippen LogP contribution in [0, 0.1) is 5.92 Å². The molecule has 0 bridgehead atoms. The minimum absolute atomic E-state index is 0.00470. The molecule has 2 heterocycles. The van der Waals surface area contributed by atoms with Crippen LogP contribution in [0.15, 0.2) is 65.7 Å². The van der Waals surface area contributed by atoms with Crippen LogP contribution in [0.5, 0.6) is 0 Å². The van der Waals surface area contributed by atoms with E-state index in [1.807, 2.05) is 30.3 Å². The number of benzene rings is 2. The molecular weight excluding hydrogens is 1040 g/mol. The Balaban J connectivity index is 1.52. The maximum atomic E-state index is 15.0. The summed E-state index contributed by atoms with van der Waals surface area (Å²) in [6, 6.07) is 7.91. The third kappa shape index (κ3) is 18.9. The van der Waals surface area contributed by atoms with Gasteiger partial charge in [-0.25, -0.2) is 0 Å². The molecular formula is C53H77N13O10S2. The zero-order valence-corrected chi connectivity index (χ0v) is 46.2. The number of likely N-dealkylation sites (tertiary alicyclic amines) is 1. The van der Waals surface area contributed by atoms with Gasteiger partial charge < -0.3 is 65.1 Å². The molecule has 1 aliphatic carbocycles. The molecule has 2 aromatic rings. The summed E-state index contributed by atoms with van der Waals surface area (Å²) >= 11 is 0. The number of primary amides is 2. The van der Waals surface area contributed by atoms with Crippen molar-refractivity contribution in [2.45, 2.75) is 164 Å². The molecule has 2 saturated heterocycles. The molecule has 3 aliphatic rings. The van der Waals surface area contributed by atoms with Crippen LogP contribution >= 0.6 is 21.6 Å². The maximum absolute atomic E-state index is 15.0. The number of aliphatic imine (C=N–C) groups is 1. The van der Waals surface area contributed by atoms with E-state index in [9.17, 15) is 47.9 Å². The van der Waals surface area contributed by atoms with E-state index in [1.54, 1.807) is 44.2 Å². The molecule has 1 saturated carbocycles. The molecule has 25 heteroatoms. The smallest absolute Gasteiger partial charge is 0.246 e. The van der Waals surface area contributed by atoms with Crippen LogP contribution in [0.2, 0.25) is 0 Å². The number of rotatable bonds is 18. The Hall–Kier alpha value is -6.89. The molecule has 2 aliphatic heterocycles. The second-order valence-electron chi connectivity index (χ2n) is 20.3. The van der Waals surface area contributed by atoms with Crippen molar-refractivity contribution >= 4 is 86.6 Å². The molecule has 15 N–H and O–H groups in total. The van der Waals surface area contributed by atoms with Crippen LogP contribution in [0.3, 0.4) is 0 Å². The number of carbonyl (C=O) groups is 10. The Kier molecular flexibility index (Phi) is 24.1. The second-order valence-corrected chi connectivity index (χ2v) is 23.2. The molecule has 78 heavy (non-hydrogen) atoms. The molecule has 1 spiro atoms. The van der Waals surface area contributed by atoms with Crippen molar-refractivity contribution in [1.82, 2.24) is 42.1 Å². The monoisotopic (exact) mass is 1120 g/mol. The van der Waals surface area contributed by atoms with Gasteiger partial charge in [-0.2, -0.15) is 0 Å².